The second kappa shape index (κ2) is 5.05. The monoisotopic (exact) mass is 257 g/mol. The molecule has 1 aromatic heterocycles. The third kappa shape index (κ3) is 3.41. The van der Waals surface area contributed by atoms with Gasteiger partial charge in [0.2, 0.25) is 5.91 Å². The maximum atomic E-state index is 11.2. The molecule has 0 saturated heterocycles. The highest BCUT2D eigenvalue weighted by Gasteiger charge is 2.07. The number of nitrogens with one attached hydrogen (secondary N) is 1. The minimum Gasteiger partial charge on any atom is -0.349 e. The minimum absolute atomic E-state index is 0.0405. The molecule has 0 fully saturated rings. The highest BCUT2D eigenvalue weighted by molar-refractivity contribution is 9.10. The summed E-state index contributed by atoms with van der Waals surface area (Å²) >= 11 is 3.18. The number of alkyl halides is 1. The van der Waals surface area contributed by atoms with Crippen molar-refractivity contribution in [3.63, 3.8) is 0 Å². The van der Waals surface area contributed by atoms with E-state index < -0.39 is 0 Å². The fourth-order valence-electron chi connectivity index (χ4n) is 0.922. The first-order chi connectivity index (χ1) is 6.59. The summed E-state index contributed by atoms with van der Waals surface area (Å²) in [6.07, 6.45) is 1.68. The van der Waals surface area contributed by atoms with E-state index >= 15 is 0 Å². The van der Waals surface area contributed by atoms with Crippen molar-refractivity contribution in [3.05, 3.63) is 23.8 Å². The third-order valence-corrected chi connectivity index (χ3v) is 2.05. The lowest BCUT2D eigenvalue weighted by Gasteiger charge is -2.05. The topological polar surface area (TPSA) is 54.9 Å². The number of hydrogen-bond donors (Lipinski definition) is 1. The largest absolute Gasteiger partial charge is 0.349 e. The Balaban J connectivity index is 2.50. The summed E-state index contributed by atoms with van der Waals surface area (Å²) in [5.74, 6) is 0.671. The van der Waals surface area contributed by atoms with Gasteiger partial charge in [-0.05, 0) is 19.9 Å². The van der Waals surface area contributed by atoms with Crippen LogP contribution in [0.2, 0.25) is 0 Å². The van der Waals surface area contributed by atoms with E-state index in [2.05, 4.69) is 31.2 Å². The van der Waals surface area contributed by atoms with Crippen LogP contribution in [0.5, 0.6) is 0 Å². The van der Waals surface area contributed by atoms with Crippen molar-refractivity contribution in [2.24, 2.45) is 0 Å². The standard InChI is InChI=1S/C9H12BrN3O/c1-6(10)9(14)12-5-8-3-4-11-7(2)13-8/h3-4,6H,5H2,1-2H3,(H,12,14). The summed E-state index contributed by atoms with van der Waals surface area (Å²) in [6, 6.07) is 1.78. The minimum atomic E-state index is -0.176. The molecule has 0 aliphatic heterocycles. The van der Waals surface area contributed by atoms with E-state index in [9.17, 15) is 4.79 Å². The van der Waals surface area contributed by atoms with E-state index in [0.29, 0.717) is 12.4 Å². The number of amides is 1. The fourth-order valence-corrected chi connectivity index (χ4v) is 1.08. The second-order valence-corrected chi connectivity index (χ2v) is 4.30. The highest BCUT2D eigenvalue weighted by atomic mass is 79.9. The van der Waals surface area contributed by atoms with E-state index in [1.807, 2.05) is 6.92 Å². The molecular weight excluding hydrogens is 246 g/mol. The molecule has 1 amide bonds. The highest BCUT2D eigenvalue weighted by Crippen LogP contribution is 1.98. The lowest BCUT2D eigenvalue weighted by Crippen LogP contribution is -2.29. The van der Waals surface area contributed by atoms with Gasteiger partial charge in [-0.15, -0.1) is 0 Å². The van der Waals surface area contributed by atoms with Gasteiger partial charge in [0, 0.05) is 6.20 Å². The van der Waals surface area contributed by atoms with Crippen LogP contribution < -0.4 is 5.32 Å². The molecule has 0 aliphatic rings. The normalized spacial score (nSPS) is 12.2. The molecule has 1 N–H and O–H groups in total. The first-order valence-electron chi connectivity index (χ1n) is 4.30. The zero-order chi connectivity index (χ0) is 10.6. The zero-order valence-corrected chi connectivity index (χ0v) is 9.71. The van der Waals surface area contributed by atoms with Crippen LogP contribution in [-0.4, -0.2) is 20.7 Å². The lowest BCUT2D eigenvalue weighted by atomic mass is 10.3. The maximum absolute atomic E-state index is 11.2. The summed E-state index contributed by atoms with van der Waals surface area (Å²) in [7, 11) is 0. The molecule has 1 aromatic rings. The van der Waals surface area contributed by atoms with Gasteiger partial charge in [0.05, 0.1) is 17.1 Å². The van der Waals surface area contributed by atoms with Crippen LogP contribution in [-0.2, 0) is 11.3 Å². The number of aromatic nitrogens is 2. The molecule has 1 rings (SSSR count). The molecule has 0 aliphatic carbocycles. The Morgan fingerprint density at radius 1 is 1.71 bits per heavy atom. The number of nitrogens with zero attached hydrogens (tertiary/aromatic N) is 2. The Kier molecular flexibility index (Phi) is 4.00. The van der Waals surface area contributed by atoms with Crippen LogP contribution in [0, 0.1) is 6.92 Å². The molecule has 1 heterocycles. The van der Waals surface area contributed by atoms with Gasteiger partial charge in [0.1, 0.15) is 5.82 Å². The summed E-state index contributed by atoms with van der Waals surface area (Å²) < 4.78 is 0. The molecule has 5 heteroatoms. The number of hydrogen-bond acceptors (Lipinski definition) is 3. The quantitative estimate of drug-likeness (QED) is 0.828. The number of aryl methyl sites for hydroxylation is 1. The van der Waals surface area contributed by atoms with Gasteiger partial charge in [-0.1, -0.05) is 15.9 Å². The Bertz CT molecular complexity index is 328. The van der Waals surface area contributed by atoms with Crippen molar-refractivity contribution in [1.82, 2.24) is 15.3 Å². The van der Waals surface area contributed by atoms with Crippen molar-refractivity contribution >= 4 is 21.8 Å². The van der Waals surface area contributed by atoms with Crippen molar-refractivity contribution < 1.29 is 4.79 Å². The zero-order valence-electron chi connectivity index (χ0n) is 8.12. The van der Waals surface area contributed by atoms with Gasteiger partial charge >= 0.3 is 0 Å². The van der Waals surface area contributed by atoms with Crippen molar-refractivity contribution in [1.29, 1.82) is 0 Å². The Labute approximate surface area is 91.3 Å². The van der Waals surface area contributed by atoms with Gasteiger partial charge in [-0.25, -0.2) is 9.97 Å². The maximum Gasteiger partial charge on any atom is 0.233 e. The molecule has 4 nitrogen and oxygen atoms in total. The van der Waals surface area contributed by atoms with E-state index in [1.54, 1.807) is 19.2 Å². The van der Waals surface area contributed by atoms with Crippen LogP contribution in [0.1, 0.15) is 18.4 Å². The van der Waals surface area contributed by atoms with Crippen LogP contribution in [0.4, 0.5) is 0 Å². The Morgan fingerprint density at radius 2 is 2.43 bits per heavy atom. The number of halogens is 1. The Morgan fingerprint density at radius 3 is 3.00 bits per heavy atom. The third-order valence-electron chi connectivity index (χ3n) is 1.64. The van der Waals surface area contributed by atoms with Crippen LogP contribution >= 0.6 is 15.9 Å². The number of carbonyl (C=O) groups excluding carboxylic acids is 1. The van der Waals surface area contributed by atoms with Crippen LogP contribution in [0.25, 0.3) is 0 Å². The molecule has 76 valence electrons. The molecule has 0 spiro atoms. The lowest BCUT2D eigenvalue weighted by molar-refractivity contribution is -0.120. The molecular formula is C9H12BrN3O. The predicted octanol–water partition coefficient (Wildman–Crippen LogP) is 1.18. The molecule has 14 heavy (non-hydrogen) atoms. The Hall–Kier alpha value is -0.970. The summed E-state index contributed by atoms with van der Waals surface area (Å²) in [5, 5.41) is 2.75. The number of rotatable bonds is 3. The van der Waals surface area contributed by atoms with Gasteiger partial charge in [0.15, 0.2) is 0 Å². The molecule has 0 bridgehead atoms. The van der Waals surface area contributed by atoms with Gasteiger partial charge in [-0.3, -0.25) is 4.79 Å². The average Bonchev–Trinajstić information content (AvgIpc) is 2.14. The predicted molar refractivity (Wildman–Crippen MR) is 57.0 cm³/mol. The van der Waals surface area contributed by atoms with Crippen LogP contribution in [0.3, 0.4) is 0 Å². The number of carbonyl (C=O) groups is 1. The van der Waals surface area contributed by atoms with Crippen molar-refractivity contribution in [2.45, 2.75) is 25.2 Å². The second-order valence-electron chi connectivity index (χ2n) is 2.93. The van der Waals surface area contributed by atoms with Gasteiger partial charge < -0.3 is 5.32 Å². The van der Waals surface area contributed by atoms with E-state index in [1.165, 1.54) is 0 Å². The molecule has 1 unspecified atom stereocenters. The molecule has 0 aromatic carbocycles. The molecule has 1 atom stereocenters. The summed E-state index contributed by atoms with van der Waals surface area (Å²) in [4.78, 5) is 19.2. The van der Waals surface area contributed by atoms with E-state index in [0.717, 1.165) is 5.69 Å². The summed E-state index contributed by atoms with van der Waals surface area (Å²) in [5.41, 5.74) is 0.819. The van der Waals surface area contributed by atoms with Crippen molar-refractivity contribution in [3.8, 4) is 0 Å². The average molecular weight is 258 g/mol. The first-order valence-corrected chi connectivity index (χ1v) is 5.21. The fraction of sp³-hybridized carbons (Fsp3) is 0.444. The van der Waals surface area contributed by atoms with Gasteiger partial charge in [0.25, 0.3) is 0 Å². The van der Waals surface area contributed by atoms with E-state index in [4.69, 9.17) is 0 Å². The first kappa shape index (κ1) is 11.1. The van der Waals surface area contributed by atoms with Crippen molar-refractivity contribution in [2.75, 3.05) is 0 Å². The SMILES string of the molecule is Cc1nccc(CNC(=O)C(C)Br)n1. The van der Waals surface area contributed by atoms with E-state index in [-0.39, 0.29) is 10.7 Å². The molecule has 0 saturated carbocycles. The smallest absolute Gasteiger partial charge is 0.233 e. The summed E-state index contributed by atoms with van der Waals surface area (Å²) in [6.45, 7) is 4.04. The molecule has 0 radical (unpaired) electrons. The van der Waals surface area contributed by atoms with Gasteiger partial charge in [-0.2, -0.15) is 0 Å². The van der Waals surface area contributed by atoms with Crippen LogP contribution in [0.15, 0.2) is 12.3 Å².